The van der Waals surface area contributed by atoms with Crippen molar-refractivity contribution in [3.8, 4) is 0 Å². The highest BCUT2D eigenvalue weighted by Gasteiger charge is 2.25. The number of likely N-dealkylation sites (tertiary alicyclic amines) is 1. The Kier molecular flexibility index (Phi) is 9.04. The van der Waals surface area contributed by atoms with Crippen LogP contribution in [0.3, 0.4) is 0 Å². The van der Waals surface area contributed by atoms with E-state index in [4.69, 9.17) is 4.42 Å². The maximum absolute atomic E-state index is 5.68. The van der Waals surface area contributed by atoms with E-state index in [1.165, 1.54) is 17.8 Å². The number of aliphatic imine (C=N–C) groups is 1. The summed E-state index contributed by atoms with van der Waals surface area (Å²) < 4.78 is 5.68. The third kappa shape index (κ3) is 6.18. The summed E-state index contributed by atoms with van der Waals surface area (Å²) >= 11 is 1.72. The first-order valence-electron chi connectivity index (χ1n) is 9.33. The van der Waals surface area contributed by atoms with E-state index in [0.717, 1.165) is 37.0 Å². The zero-order chi connectivity index (χ0) is 18.4. The Balaban J connectivity index is 0.00000261. The van der Waals surface area contributed by atoms with Gasteiger partial charge in [0.15, 0.2) is 5.96 Å². The first kappa shape index (κ1) is 22.2. The van der Waals surface area contributed by atoms with Gasteiger partial charge in [-0.25, -0.2) is 4.98 Å². The van der Waals surface area contributed by atoms with Gasteiger partial charge >= 0.3 is 0 Å². The van der Waals surface area contributed by atoms with Crippen molar-refractivity contribution in [1.82, 2.24) is 20.5 Å². The monoisotopic (exact) mass is 503 g/mol. The summed E-state index contributed by atoms with van der Waals surface area (Å²) in [7, 11) is 1.80. The Labute approximate surface area is 182 Å². The average molecular weight is 503 g/mol. The second-order valence-corrected chi connectivity index (χ2v) is 7.80. The topological polar surface area (TPSA) is 65.7 Å². The van der Waals surface area contributed by atoms with Crippen LogP contribution in [0.15, 0.2) is 33.2 Å². The van der Waals surface area contributed by atoms with Crippen LogP contribution < -0.4 is 10.6 Å². The third-order valence-electron chi connectivity index (χ3n) is 4.64. The van der Waals surface area contributed by atoms with Gasteiger partial charge in [-0.2, -0.15) is 0 Å². The molecule has 8 heteroatoms. The third-order valence-corrected chi connectivity index (χ3v) is 5.83. The molecule has 1 aliphatic heterocycles. The highest BCUT2D eigenvalue weighted by Crippen LogP contribution is 2.24. The highest BCUT2D eigenvalue weighted by molar-refractivity contribution is 14.0. The molecule has 1 saturated heterocycles. The average Bonchev–Trinajstić information content (AvgIpc) is 3.40. The molecule has 2 N–H and O–H groups in total. The number of halogens is 1. The van der Waals surface area contributed by atoms with Crippen molar-refractivity contribution in [1.29, 1.82) is 0 Å². The van der Waals surface area contributed by atoms with Crippen molar-refractivity contribution in [2.75, 3.05) is 26.7 Å². The number of thiazole rings is 1. The van der Waals surface area contributed by atoms with Gasteiger partial charge in [0.2, 0.25) is 0 Å². The van der Waals surface area contributed by atoms with E-state index in [2.05, 4.69) is 50.8 Å². The minimum atomic E-state index is 0. The van der Waals surface area contributed by atoms with Gasteiger partial charge in [-0.15, -0.1) is 35.3 Å². The SMILES string of the molecule is CN=C(NCc1csc(C(C)C)n1)NCC(c1ccco1)N1CCCC1.I. The van der Waals surface area contributed by atoms with E-state index < -0.39 is 0 Å². The summed E-state index contributed by atoms with van der Waals surface area (Å²) in [6, 6.07) is 4.25. The molecular formula is C19H30IN5OS. The molecule has 150 valence electrons. The van der Waals surface area contributed by atoms with E-state index in [-0.39, 0.29) is 30.0 Å². The lowest BCUT2D eigenvalue weighted by Crippen LogP contribution is -2.42. The Hall–Kier alpha value is -1.13. The molecule has 1 fully saturated rings. The molecule has 27 heavy (non-hydrogen) atoms. The van der Waals surface area contributed by atoms with Crippen LogP contribution in [-0.4, -0.2) is 42.5 Å². The maximum atomic E-state index is 5.68. The summed E-state index contributed by atoms with van der Waals surface area (Å²) in [5.74, 6) is 2.27. The van der Waals surface area contributed by atoms with E-state index >= 15 is 0 Å². The zero-order valence-corrected chi connectivity index (χ0v) is 19.4. The van der Waals surface area contributed by atoms with Crippen molar-refractivity contribution in [2.45, 2.75) is 45.2 Å². The van der Waals surface area contributed by atoms with E-state index in [1.54, 1.807) is 24.6 Å². The molecule has 3 heterocycles. The summed E-state index contributed by atoms with van der Waals surface area (Å²) in [5, 5.41) is 10.1. The predicted molar refractivity (Wildman–Crippen MR) is 122 cm³/mol. The van der Waals surface area contributed by atoms with Crippen molar-refractivity contribution >= 4 is 41.3 Å². The van der Waals surface area contributed by atoms with E-state index in [0.29, 0.717) is 12.5 Å². The zero-order valence-electron chi connectivity index (χ0n) is 16.3. The normalized spacial score (nSPS) is 16.4. The smallest absolute Gasteiger partial charge is 0.191 e. The standard InChI is InChI=1S/C19H29N5OS.HI/c1-14(2)18-23-15(13-26-18)11-21-19(20-3)22-12-16(17-7-6-10-25-17)24-8-4-5-9-24;/h6-7,10,13-14,16H,4-5,8-9,11-12H2,1-3H3,(H2,20,21,22);1H. The molecule has 0 amide bonds. The second-order valence-electron chi connectivity index (χ2n) is 6.91. The van der Waals surface area contributed by atoms with Crippen LogP contribution in [0.2, 0.25) is 0 Å². The van der Waals surface area contributed by atoms with E-state index in [1.807, 2.05) is 6.07 Å². The first-order valence-corrected chi connectivity index (χ1v) is 10.2. The Bertz CT molecular complexity index is 695. The lowest BCUT2D eigenvalue weighted by atomic mass is 10.2. The molecule has 2 aromatic rings. The lowest BCUT2D eigenvalue weighted by molar-refractivity contribution is 0.215. The van der Waals surface area contributed by atoms with Crippen molar-refractivity contribution < 1.29 is 4.42 Å². The summed E-state index contributed by atoms with van der Waals surface area (Å²) in [4.78, 5) is 11.5. The Morgan fingerprint density at radius 2 is 2.11 bits per heavy atom. The first-order chi connectivity index (χ1) is 12.7. The van der Waals surface area contributed by atoms with Crippen molar-refractivity contribution in [3.63, 3.8) is 0 Å². The largest absolute Gasteiger partial charge is 0.468 e. The van der Waals surface area contributed by atoms with Crippen LogP contribution >= 0.6 is 35.3 Å². The number of nitrogens with one attached hydrogen (secondary N) is 2. The van der Waals surface area contributed by atoms with Gasteiger partial charge in [0.1, 0.15) is 5.76 Å². The summed E-state index contributed by atoms with van der Waals surface area (Å²) in [6.45, 7) is 8.03. The summed E-state index contributed by atoms with van der Waals surface area (Å²) in [5.41, 5.74) is 1.06. The minimum Gasteiger partial charge on any atom is -0.468 e. The molecule has 1 aliphatic rings. The van der Waals surface area contributed by atoms with Crippen LogP contribution in [0.25, 0.3) is 0 Å². The molecule has 1 unspecified atom stereocenters. The van der Waals surface area contributed by atoms with Crippen LogP contribution in [0.1, 0.15) is 55.1 Å². The number of aromatic nitrogens is 1. The summed E-state index contributed by atoms with van der Waals surface area (Å²) in [6.07, 6.45) is 4.26. The van der Waals surface area contributed by atoms with Crippen LogP contribution in [0.5, 0.6) is 0 Å². The quantitative estimate of drug-likeness (QED) is 0.340. The fraction of sp³-hybridized carbons (Fsp3) is 0.579. The molecule has 0 spiro atoms. The van der Waals surface area contributed by atoms with Crippen LogP contribution in [-0.2, 0) is 6.54 Å². The van der Waals surface area contributed by atoms with Gasteiger partial charge in [-0.05, 0) is 38.1 Å². The van der Waals surface area contributed by atoms with Gasteiger partial charge in [0.05, 0.1) is 29.6 Å². The van der Waals surface area contributed by atoms with Crippen LogP contribution in [0, 0.1) is 0 Å². The molecule has 1 atom stereocenters. The van der Waals surface area contributed by atoms with Gasteiger partial charge < -0.3 is 15.1 Å². The van der Waals surface area contributed by atoms with Gasteiger partial charge in [0.25, 0.3) is 0 Å². The lowest BCUT2D eigenvalue weighted by Gasteiger charge is -2.26. The number of hydrogen-bond acceptors (Lipinski definition) is 5. The molecule has 6 nitrogen and oxygen atoms in total. The molecular weight excluding hydrogens is 473 g/mol. The molecule has 3 rings (SSSR count). The number of nitrogens with zero attached hydrogens (tertiary/aromatic N) is 3. The fourth-order valence-electron chi connectivity index (χ4n) is 3.20. The van der Waals surface area contributed by atoms with Crippen molar-refractivity contribution in [2.24, 2.45) is 4.99 Å². The number of hydrogen-bond donors (Lipinski definition) is 2. The van der Waals surface area contributed by atoms with Gasteiger partial charge in [0, 0.05) is 24.9 Å². The predicted octanol–water partition coefficient (Wildman–Crippen LogP) is 3.98. The van der Waals surface area contributed by atoms with Crippen LogP contribution in [0.4, 0.5) is 0 Å². The highest BCUT2D eigenvalue weighted by atomic mass is 127. The fourth-order valence-corrected chi connectivity index (χ4v) is 4.04. The maximum Gasteiger partial charge on any atom is 0.191 e. The van der Waals surface area contributed by atoms with E-state index in [9.17, 15) is 0 Å². The number of guanidine groups is 1. The molecule has 0 radical (unpaired) electrons. The van der Waals surface area contributed by atoms with Gasteiger partial charge in [-0.1, -0.05) is 13.8 Å². The number of furan rings is 1. The Morgan fingerprint density at radius 3 is 2.70 bits per heavy atom. The Morgan fingerprint density at radius 1 is 1.33 bits per heavy atom. The second kappa shape index (κ2) is 11.0. The molecule has 2 aromatic heterocycles. The minimum absolute atomic E-state index is 0. The molecule has 0 aliphatic carbocycles. The van der Waals surface area contributed by atoms with Gasteiger partial charge in [-0.3, -0.25) is 9.89 Å². The number of rotatable bonds is 7. The molecule has 0 saturated carbocycles. The molecule has 0 bridgehead atoms. The molecule has 0 aromatic carbocycles. The van der Waals surface area contributed by atoms with Crippen molar-refractivity contribution in [3.05, 3.63) is 40.2 Å².